The summed E-state index contributed by atoms with van der Waals surface area (Å²) < 4.78 is 5.43. The van der Waals surface area contributed by atoms with Crippen LogP contribution in [0.4, 0.5) is 0 Å². The van der Waals surface area contributed by atoms with Gasteiger partial charge in [-0.15, -0.1) is 0 Å². The molecule has 0 aromatic heterocycles. The monoisotopic (exact) mass is 283 g/mol. The van der Waals surface area contributed by atoms with Gasteiger partial charge in [0.25, 0.3) is 0 Å². The van der Waals surface area contributed by atoms with E-state index in [2.05, 4.69) is 5.32 Å². The quantitative estimate of drug-likeness (QED) is 0.775. The first-order chi connectivity index (χ1) is 9.17. The van der Waals surface area contributed by atoms with Gasteiger partial charge >= 0.3 is 0 Å². The number of hydrogen-bond acceptors (Lipinski definition) is 4. The Bertz CT molecular complexity index is 393. The Hall–Kier alpha value is -0.750. The van der Waals surface area contributed by atoms with E-state index in [0.717, 1.165) is 49.9 Å². The maximum absolute atomic E-state index is 11.5. The second-order valence-corrected chi connectivity index (χ2v) is 6.67. The van der Waals surface area contributed by atoms with Gasteiger partial charge in [0.15, 0.2) is 5.17 Å². The molecule has 1 amide bonds. The molecular weight excluding hydrogens is 262 g/mol. The molecule has 0 aromatic rings. The maximum Gasteiger partial charge on any atom is 0.222 e. The van der Waals surface area contributed by atoms with Crippen LogP contribution in [-0.2, 0) is 9.53 Å². The van der Waals surface area contributed by atoms with Crippen molar-refractivity contribution in [3.63, 3.8) is 0 Å². The number of piperidine rings is 1. The zero-order valence-corrected chi connectivity index (χ0v) is 12.2. The molecule has 3 aliphatic heterocycles. The number of carbonyl (C=O) groups is 1. The predicted octanol–water partition coefficient (Wildman–Crippen LogP) is 0.849. The van der Waals surface area contributed by atoms with Crippen molar-refractivity contribution in [2.24, 2.45) is 4.99 Å². The third-order valence-corrected chi connectivity index (χ3v) is 5.39. The Balaban J connectivity index is 1.61. The number of nitrogens with zero attached hydrogens (tertiary/aromatic N) is 2. The topological polar surface area (TPSA) is 53.9 Å². The molecule has 0 aromatic carbocycles. The molecule has 3 aliphatic rings. The normalized spacial score (nSPS) is 32.9. The zero-order valence-electron chi connectivity index (χ0n) is 11.4. The van der Waals surface area contributed by atoms with Crippen molar-refractivity contribution in [1.29, 1.82) is 0 Å². The van der Waals surface area contributed by atoms with E-state index in [9.17, 15) is 4.79 Å². The Kier molecular flexibility index (Phi) is 3.71. The molecule has 3 rings (SSSR count). The number of amides is 1. The van der Waals surface area contributed by atoms with Gasteiger partial charge < -0.3 is 15.0 Å². The highest BCUT2D eigenvalue weighted by Crippen LogP contribution is 2.32. The van der Waals surface area contributed by atoms with E-state index < -0.39 is 0 Å². The van der Waals surface area contributed by atoms with Crippen LogP contribution in [0.2, 0.25) is 0 Å². The van der Waals surface area contributed by atoms with Gasteiger partial charge in [-0.2, -0.15) is 0 Å². The van der Waals surface area contributed by atoms with Crippen LogP contribution in [0, 0.1) is 0 Å². The van der Waals surface area contributed by atoms with Crippen LogP contribution in [0.15, 0.2) is 4.99 Å². The van der Waals surface area contributed by atoms with Gasteiger partial charge in [0.1, 0.15) is 0 Å². The summed E-state index contributed by atoms with van der Waals surface area (Å²) in [6, 6.07) is 0.257. The molecule has 1 N–H and O–H groups in total. The highest BCUT2D eigenvalue weighted by molar-refractivity contribution is 8.14. The van der Waals surface area contributed by atoms with Crippen LogP contribution in [-0.4, -0.2) is 60.1 Å². The van der Waals surface area contributed by atoms with Crippen LogP contribution >= 0.6 is 11.8 Å². The minimum absolute atomic E-state index is 0.206. The average Bonchev–Trinajstić information content (AvgIpc) is 2.78. The molecule has 1 atom stereocenters. The number of nitrogens with one attached hydrogen (secondary N) is 1. The molecule has 1 spiro atoms. The van der Waals surface area contributed by atoms with E-state index in [1.54, 1.807) is 4.90 Å². The first-order valence-corrected chi connectivity index (χ1v) is 7.96. The van der Waals surface area contributed by atoms with Gasteiger partial charge in [-0.3, -0.25) is 9.79 Å². The van der Waals surface area contributed by atoms with Crippen molar-refractivity contribution in [3.05, 3.63) is 0 Å². The van der Waals surface area contributed by atoms with Crippen LogP contribution in [0.1, 0.15) is 25.7 Å². The summed E-state index contributed by atoms with van der Waals surface area (Å²) in [4.78, 5) is 18.1. The summed E-state index contributed by atoms with van der Waals surface area (Å²) in [7, 11) is 1.86. The fraction of sp³-hybridized carbons (Fsp3) is 0.846. The van der Waals surface area contributed by atoms with E-state index >= 15 is 0 Å². The molecule has 0 radical (unpaired) electrons. The first kappa shape index (κ1) is 13.2. The summed E-state index contributed by atoms with van der Waals surface area (Å²) >= 11 is 1.82. The Labute approximate surface area is 118 Å². The molecule has 3 fully saturated rings. The second kappa shape index (κ2) is 5.32. The summed E-state index contributed by atoms with van der Waals surface area (Å²) in [5.74, 6) is 1.33. The highest BCUT2D eigenvalue weighted by atomic mass is 32.2. The van der Waals surface area contributed by atoms with Crippen molar-refractivity contribution < 1.29 is 9.53 Å². The number of aliphatic imine (C=N–C) groups is 1. The molecule has 0 bridgehead atoms. The number of hydrogen-bond donors (Lipinski definition) is 1. The Morgan fingerprint density at radius 3 is 3.00 bits per heavy atom. The van der Waals surface area contributed by atoms with Gasteiger partial charge in [-0.05, 0) is 19.3 Å². The SMILES string of the molecule is CN1CC(N=C2NC3(CCOCC3)CS2)CCC1=O. The number of likely N-dealkylation sites (N-methyl/N-ethyl adjacent to an activating group) is 1. The zero-order chi connectivity index (χ0) is 13.3. The van der Waals surface area contributed by atoms with Crippen LogP contribution in [0.5, 0.6) is 0 Å². The number of rotatable bonds is 1. The lowest BCUT2D eigenvalue weighted by Gasteiger charge is -2.33. The van der Waals surface area contributed by atoms with Crippen molar-refractivity contribution in [1.82, 2.24) is 10.2 Å². The van der Waals surface area contributed by atoms with Gasteiger partial charge in [-0.25, -0.2) is 0 Å². The summed E-state index contributed by atoms with van der Waals surface area (Å²) in [6.45, 7) is 2.45. The van der Waals surface area contributed by atoms with Gasteiger partial charge in [0, 0.05) is 39.0 Å². The molecular formula is C13H21N3O2S. The third kappa shape index (κ3) is 2.89. The lowest BCUT2D eigenvalue weighted by molar-refractivity contribution is -0.132. The predicted molar refractivity (Wildman–Crippen MR) is 76.5 cm³/mol. The largest absolute Gasteiger partial charge is 0.381 e. The molecule has 1 unspecified atom stereocenters. The molecule has 0 aliphatic carbocycles. The molecule has 3 saturated heterocycles. The highest BCUT2D eigenvalue weighted by Gasteiger charge is 2.39. The van der Waals surface area contributed by atoms with E-state index in [0.29, 0.717) is 6.42 Å². The number of carbonyl (C=O) groups excluding carboxylic acids is 1. The van der Waals surface area contributed by atoms with E-state index in [1.807, 2.05) is 18.8 Å². The molecule has 6 heteroatoms. The van der Waals surface area contributed by atoms with Crippen molar-refractivity contribution in [3.8, 4) is 0 Å². The molecule has 19 heavy (non-hydrogen) atoms. The minimum Gasteiger partial charge on any atom is -0.381 e. The standard InChI is InChI=1S/C13H21N3O2S/c1-16-8-10(2-3-11(16)17)14-12-15-13(9-19-12)4-6-18-7-5-13/h10H,2-9H2,1H3,(H,14,15). The van der Waals surface area contributed by atoms with E-state index in [-0.39, 0.29) is 17.5 Å². The average molecular weight is 283 g/mol. The fourth-order valence-corrected chi connectivity index (χ4v) is 4.15. The van der Waals surface area contributed by atoms with Crippen LogP contribution in [0.25, 0.3) is 0 Å². The third-order valence-electron chi connectivity index (χ3n) is 4.21. The van der Waals surface area contributed by atoms with Crippen LogP contribution < -0.4 is 5.32 Å². The van der Waals surface area contributed by atoms with Gasteiger partial charge in [-0.1, -0.05) is 11.8 Å². The number of likely N-dealkylation sites (tertiary alicyclic amines) is 1. The Morgan fingerprint density at radius 1 is 1.47 bits per heavy atom. The van der Waals surface area contributed by atoms with Crippen LogP contribution in [0.3, 0.4) is 0 Å². The summed E-state index contributed by atoms with van der Waals surface area (Å²) in [5.41, 5.74) is 0.206. The molecule has 3 heterocycles. The minimum atomic E-state index is 0.206. The van der Waals surface area contributed by atoms with Crippen molar-refractivity contribution in [2.75, 3.05) is 32.6 Å². The number of ether oxygens (including phenoxy) is 1. The molecule has 5 nitrogen and oxygen atoms in total. The van der Waals surface area contributed by atoms with Crippen molar-refractivity contribution in [2.45, 2.75) is 37.3 Å². The molecule has 106 valence electrons. The number of amidine groups is 1. The van der Waals surface area contributed by atoms with E-state index in [1.165, 1.54) is 0 Å². The molecule has 0 saturated carbocycles. The lowest BCUT2D eigenvalue weighted by Crippen LogP contribution is -2.48. The summed E-state index contributed by atoms with van der Waals surface area (Å²) in [6.07, 6.45) is 3.65. The van der Waals surface area contributed by atoms with E-state index in [4.69, 9.17) is 9.73 Å². The smallest absolute Gasteiger partial charge is 0.222 e. The second-order valence-electron chi connectivity index (χ2n) is 5.71. The summed E-state index contributed by atoms with van der Waals surface area (Å²) in [5, 5.41) is 4.67. The van der Waals surface area contributed by atoms with Gasteiger partial charge in [0.05, 0.1) is 11.6 Å². The first-order valence-electron chi connectivity index (χ1n) is 6.97. The lowest BCUT2D eigenvalue weighted by atomic mass is 9.93. The van der Waals surface area contributed by atoms with Gasteiger partial charge in [0.2, 0.25) is 5.91 Å². The maximum atomic E-state index is 11.5. The number of thioether (sulfide) groups is 1. The fourth-order valence-electron chi connectivity index (χ4n) is 2.87. The van der Waals surface area contributed by atoms with Crippen molar-refractivity contribution >= 4 is 22.8 Å². The Morgan fingerprint density at radius 2 is 2.26 bits per heavy atom.